The van der Waals surface area contributed by atoms with E-state index in [-0.39, 0.29) is 17.6 Å². The Bertz CT molecular complexity index is 1210. The average Bonchev–Trinajstić information content (AvgIpc) is 3.24. The summed E-state index contributed by atoms with van der Waals surface area (Å²) in [6.45, 7) is 1.64. The molecule has 0 radical (unpaired) electrons. The highest BCUT2D eigenvalue weighted by Crippen LogP contribution is 2.37. The van der Waals surface area contributed by atoms with Gasteiger partial charge in [-0.2, -0.15) is 0 Å². The third-order valence-corrected chi connectivity index (χ3v) is 5.90. The lowest BCUT2D eigenvalue weighted by atomic mass is 10.1. The first-order chi connectivity index (χ1) is 13.9. The van der Waals surface area contributed by atoms with Crippen LogP contribution in [0.15, 0.2) is 53.5 Å². The Morgan fingerprint density at radius 3 is 2.76 bits per heavy atom. The number of aromatic nitrogens is 1. The fourth-order valence-electron chi connectivity index (χ4n) is 3.02. The summed E-state index contributed by atoms with van der Waals surface area (Å²) in [5.41, 5.74) is 3.17. The molecule has 29 heavy (non-hydrogen) atoms. The van der Waals surface area contributed by atoms with E-state index in [0.29, 0.717) is 14.5 Å². The van der Waals surface area contributed by atoms with Crippen molar-refractivity contribution >= 4 is 58.7 Å². The van der Waals surface area contributed by atoms with Crippen molar-refractivity contribution in [1.82, 2.24) is 4.57 Å². The molecule has 4 rings (SSSR count). The molecular weight excluding hydrogens is 409 g/mol. The number of thiazole rings is 1. The van der Waals surface area contributed by atoms with E-state index in [1.807, 2.05) is 30.3 Å². The van der Waals surface area contributed by atoms with Gasteiger partial charge in [0, 0.05) is 23.0 Å². The zero-order valence-corrected chi connectivity index (χ0v) is 16.9. The summed E-state index contributed by atoms with van der Waals surface area (Å²) in [6, 6.07) is 12.4. The number of carbonyl (C=O) groups is 1. The Morgan fingerprint density at radius 1 is 1.28 bits per heavy atom. The van der Waals surface area contributed by atoms with E-state index >= 15 is 0 Å². The zero-order valence-electron chi connectivity index (χ0n) is 15.3. The van der Waals surface area contributed by atoms with Crippen LogP contribution in [0.5, 0.6) is 5.88 Å². The first kappa shape index (κ1) is 19.2. The number of nitrogens with one attached hydrogen (secondary N) is 1. The predicted octanol–water partition coefficient (Wildman–Crippen LogP) is 5.58. The minimum atomic E-state index is -0.750. The van der Waals surface area contributed by atoms with Gasteiger partial charge in [-0.3, -0.25) is 14.4 Å². The number of para-hydroxylation sites is 1. The van der Waals surface area contributed by atoms with Crippen molar-refractivity contribution in [3.05, 3.63) is 68.7 Å². The van der Waals surface area contributed by atoms with Crippen LogP contribution in [0.25, 0.3) is 11.6 Å². The molecule has 0 bridgehead atoms. The molecule has 146 valence electrons. The number of hydrogen-bond acceptors (Lipinski definition) is 5. The van der Waals surface area contributed by atoms with Gasteiger partial charge in [0.05, 0.1) is 10.6 Å². The topological polar surface area (TPSA) is 66.6 Å². The van der Waals surface area contributed by atoms with Crippen LogP contribution in [0, 0.1) is 9.77 Å². The number of aliphatic imine (C=N–C) groups is 1. The lowest BCUT2D eigenvalue weighted by Crippen LogP contribution is -2.23. The molecule has 1 aliphatic rings. The van der Waals surface area contributed by atoms with Crippen LogP contribution >= 0.6 is 23.6 Å². The number of allylic oxidation sites excluding steroid dienone is 1. The second-order valence-electron chi connectivity index (χ2n) is 6.47. The number of aromatic hydroxyl groups is 1. The van der Waals surface area contributed by atoms with Crippen LogP contribution in [-0.2, 0) is 4.79 Å². The minimum absolute atomic E-state index is 0.0768. The fraction of sp³-hybridized carbons (Fsp3) is 0.0952. The number of rotatable bonds is 4. The highest BCUT2D eigenvalue weighted by molar-refractivity contribution is 7.73. The van der Waals surface area contributed by atoms with Crippen LogP contribution < -0.4 is 5.32 Å². The number of benzene rings is 2. The van der Waals surface area contributed by atoms with Crippen LogP contribution in [0.2, 0.25) is 0 Å². The van der Waals surface area contributed by atoms with Crippen molar-refractivity contribution in [2.75, 3.05) is 5.32 Å². The summed E-state index contributed by atoms with van der Waals surface area (Å²) in [5.74, 6) is -0.830. The molecular formula is C21H16FN3O2S2. The van der Waals surface area contributed by atoms with Crippen LogP contribution in [-0.4, -0.2) is 21.8 Å². The van der Waals surface area contributed by atoms with Gasteiger partial charge in [0.25, 0.3) is 0 Å². The Morgan fingerprint density at radius 2 is 2.00 bits per heavy atom. The molecule has 1 atom stereocenters. The molecule has 0 aliphatic carbocycles. The number of fused-ring (bicyclic) bond motifs is 1. The second-order valence-corrected chi connectivity index (χ2v) is 8.15. The summed E-state index contributed by atoms with van der Waals surface area (Å²) in [6.07, 6.45) is 3.55. The maximum Gasteiger partial charge on any atom is 0.247 e. The summed E-state index contributed by atoms with van der Waals surface area (Å²) < 4.78 is 14.8. The second kappa shape index (κ2) is 7.73. The highest BCUT2D eigenvalue weighted by Gasteiger charge is 2.22. The number of nitrogens with zero attached hydrogens (tertiary/aromatic N) is 2. The van der Waals surface area contributed by atoms with Gasteiger partial charge in [-0.25, -0.2) is 4.39 Å². The van der Waals surface area contributed by atoms with Gasteiger partial charge in [-0.1, -0.05) is 18.2 Å². The Kier molecular flexibility index (Phi) is 5.12. The summed E-state index contributed by atoms with van der Waals surface area (Å²) in [5, 5.41) is 13.4. The molecule has 1 aliphatic heterocycles. The lowest BCUT2D eigenvalue weighted by Gasteiger charge is -2.15. The molecule has 5 nitrogen and oxygen atoms in total. The number of hydrogen-bond donors (Lipinski definition) is 2. The van der Waals surface area contributed by atoms with E-state index in [1.54, 1.807) is 13.1 Å². The van der Waals surface area contributed by atoms with Crippen molar-refractivity contribution in [1.29, 1.82) is 0 Å². The average molecular weight is 426 g/mol. The van der Waals surface area contributed by atoms with Gasteiger partial charge in [0.1, 0.15) is 11.9 Å². The summed E-state index contributed by atoms with van der Waals surface area (Å²) >= 11 is 6.60. The van der Waals surface area contributed by atoms with E-state index in [9.17, 15) is 14.3 Å². The predicted molar refractivity (Wildman–Crippen MR) is 117 cm³/mol. The normalized spacial score (nSPS) is 14.8. The van der Waals surface area contributed by atoms with Crippen molar-refractivity contribution in [3.63, 3.8) is 0 Å². The molecule has 2 aromatic carbocycles. The first-order valence-electron chi connectivity index (χ1n) is 8.80. The van der Waals surface area contributed by atoms with Crippen molar-refractivity contribution in [2.45, 2.75) is 13.0 Å². The molecule has 2 heterocycles. The molecule has 0 saturated carbocycles. The summed E-state index contributed by atoms with van der Waals surface area (Å²) in [7, 11) is 0. The third kappa shape index (κ3) is 3.76. The fourth-order valence-corrected chi connectivity index (χ4v) is 4.44. The van der Waals surface area contributed by atoms with E-state index in [2.05, 4.69) is 10.3 Å². The van der Waals surface area contributed by atoms with E-state index in [0.717, 1.165) is 16.8 Å². The minimum Gasteiger partial charge on any atom is -0.493 e. The Labute approximate surface area is 175 Å². The van der Waals surface area contributed by atoms with Gasteiger partial charge in [-0.15, -0.1) is 11.3 Å². The number of carbonyl (C=O) groups excluding carboxylic acids is 1. The smallest absolute Gasteiger partial charge is 0.247 e. The SMILES string of the molecule is CC(C(=O)Nc1ccc(F)cc1)n1c(O)c(/C=C2\C=Nc3ccccc32)sc1=S. The van der Waals surface area contributed by atoms with Gasteiger partial charge >= 0.3 is 0 Å². The van der Waals surface area contributed by atoms with E-state index in [4.69, 9.17) is 12.2 Å². The Balaban J connectivity index is 1.61. The number of amides is 1. The van der Waals surface area contributed by atoms with E-state index < -0.39 is 6.04 Å². The standard InChI is InChI=1S/C21H16FN3O2S2/c1-12(19(26)24-15-8-6-14(22)7-9-15)25-20(27)18(29-21(25)28)10-13-11-23-17-5-3-2-4-16(13)17/h2-12,27H,1H3,(H,24,26)/b13-10+. The maximum atomic E-state index is 13.0. The monoisotopic (exact) mass is 425 g/mol. The molecule has 0 fully saturated rings. The quantitative estimate of drug-likeness (QED) is 0.536. The Hall–Kier alpha value is -3.10. The maximum absolute atomic E-state index is 13.0. The van der Waals surface area contributed by atoms with Crippen molar-refractivity contribution in [2.24, 2.45) is 4.99 Å². The molecule has 1 amide bonds. The molecule has 1 aromatic heterocycles. The van der Waals surface area contributed by atoms with Gasteiger partial charge < -0.3 is 10.4 Å². The molecule has 0 saturated heterocycles. The van der Waals surface area contributed by atoms with Crippen molar-refractivity contribution < 1.29 is 14.3 Å². The third-order valence-electron chi connectivity index (χ3n) is 4.57. The highest BCUT2D eigenvalue weighted by atomic mass is 32.1. The van der Waals surface area contributed by atoms with Gasteiger partial charge in [0.2, 0.25) is 11.8 Å². The van der Waals surface area contributed by atoms with Gasteiger partial charge in [-0.05, 0) is 55.5 Å². The largest absolute Gasteiger partial charge is 0.493 e. The van der Waals surface area contributed by atoms with Crippen LogP contribution in [0.3, 0.4) is 0 Å². The molecule has 1 unspecified atom stereocenters. The summed E-state index contributed by atoms with van der Waals surface area (Å²) in [4.78, 5) is 17.5. The number of anilines is 1. The molecule has 0 spiro atoms. The van der Waals surface area contributed by atoms with Crippen molar-refractivity contribution in [3.8, 4) is 5.88 Å². The van der Waals surface area contributed by atoms with Gasteiger partial charge in [0.15, 0.2) is 3.95 Å². The number of halogens is 1. The van der Waals surface area contributed by atoms with E-state index in [1.165, 1.54) is 40.2 Å². The van der Waals surface area contributed by atoms with Crippen LogP contribution in [0.4, 0.5) is 15.8 Å². The zero-order chi connectivity index (χ0) is 20.5. The lowest BCUT2D eigenvalue weighted by molar-refractivity contribution is -0.118. The van der Waals surface area contributed by atoms with Crippen LogP contribution in [0.1, 0.15) is 23.4 Å². The molecule has 3 aromatic rings. The molecule has 8 heteroatoms. The molecule has 2 N–H and O–H groups in total. The first-order valence-corrected chi connectivity index (χ1v) is 10.0.